The lowest BCUT2D eigenvalue weighted by Gasteiger charge is -2.29. The first-order chi connectivity index (χ1) is 9.34. The molecule has 2 saturated heterocycles. The van der Waals surface area contributed by atoms with Crippen LogP contribution < -0.4 is 16.0 Å². The molecule has 0 aromatic heterocycles. The number of fused-ring (bicyclic) bond motifs is 2. The van der Waals surface area contributed by atoms with Crippen LogP contribution in [0, 0.1) is 5.41 Å². The molecule has 5 nitrogen and oxygen atoms in total. The number of carbonyl (C=O) groups excluding carboxylic acids is 2. The van der Waals surface area contributed by atoms with Crippen LogP contribution in [0.15, 0.2) is 0 Å². The van der Waals surface area contributed by atoms with Crippen molar-refractivity contribution in [1.82, 2.24) is 16.0 Å². The van der Waals surface area contributed by atoms with Gasteiger partial charge >= 0.3 is 0 Å². The van der Waals surface area contributed by atoms with Gasteiger partial charge in [-0.25, -0.2) is 0 Å². The van der Waals surface area contributed by atoms with Crippen LogP contribution in [0.5, 0.6) is 0 Å². The van der Waals surface area contributed by atoms with Crippen LogP contribution in [0.4, 0.5) is 0 Å². The Labute approximate surface area is 133 Å². The van der Waals surface area contributed by atoms with E-state index in [1.165, 1.54) is 12.8 Å². The van der Waals surface area contributed by atoms with Crippen LogP contribution >= 0.6 is 12.4 Å². The first kappa shape index (κ1) is 18.2. The molecular formula is C15H28ClN3O2. The van der Waals surface area contributed by atoms with Gasteiger partial charge < -0.3 is 16.0 Å². The van der Waals surface area contributed by atoms with Gasteiger partial charge in [0.05, 0.1) is 0 Å². The summed E-state index contributed by atoms with van der Waals surface area (Å²) in [6.45, 7) is 6.02. The normalized spacial score (nSPS) is 27.7. The number of hydrogen-bond acceptors (Lipinski definition) is 3. The molecule has 0 radical (unpaired) electrons. The van der Waals surface area contributed by atoms with E-state index in [0.29, 0.717) is 31.1 Å². The van der Waals surface area contributed by atoms with E-state index in [4.69, 9.17) is 0 Å². The fourth-order valence-electron chi connectivity index (χ4n) is 3.03. The van der Waals surface area contributed by atoms with Crippen molar-refractivity contribution in [2.24, 2.45) is 5.41 Å². The van der Waals surface area contributed by atoms with Gasteiger partial charge in [0.1, 0.15) is 0 Å². The summed E-state index contributed by atoms with van der Waals surface area (Å²) in [7, 11) is 0. The Hall–Kier alpha value is -0.810. The van der Waals surface area contributed by atoms with Crippen molar-refractivity contribution in [2.75, 3.05) is 6.54 Å². The van der Waals surface area contributed by atoms with Gasteiger partial charge in [0.2, 0.25) is 11.8 Å². The van der Waals surface area contributed by atoms with Crippen molar-refractivity contribution < 1.29 is 9.59 Å². The Kier molecular flexibility index (Phi) is 6.47. The topological polar surface area (TPSA) is 70.2 Å². The minimum absolute atomic E-state index is 0. The maximum absolute atomic E-state index is 11.9. The monoisotopic (exact) mass is 317 g/mol. The summed E-state index contributed by atoms with van der Waals surface area (Å²) in [4.78, 5) is 23.6. The number of carbonyl (C=O) groups is 2. The van der Waals surface area contributed by atoms with Crippen LogP contribution in [0.2, 0.25) is 0 Å². The third-order valence-electron chi connectivity index (χ3n) is 4.16. The summed E-state index contributed by atoms with van der Waals surface area (Å²) in [5.74, 6) is 0.0377. The number of halogens is 1. The van der Waals surface area contributed by atoms with Gasteiger partial charge in [-0.15, -0.1) is 12.4 Å². The third-order valence-corrected chi connectivity index (χ3v) is 4.16. The summed E-state index contributed by atoms with van der Waals surface area (Å²) >= 11 is 0. The predicted molar refractivity (Wildman–Crippen MR) is 85.4 cm³/mol. The number of nitrogens with one attached hydrogen (secondary N) is 3. The molecule has 2 aliphatic heterocycles. The molecule has 2 rings (SSSR count). The highest BCUT2D eigenvalue weighted by molar-refractivity contribution is 5.85. The zero-order valence-corrected chi connectivity index (χ0v) is 14.0. The summed E-state index contributed by atoms with van der Waals surface area (Å²) in [5.41, 5.74) is -0.398. The second-order valence-electron chi connectivity index (χ2n) is 7.13. The standard InChI is InChI=1S/C15H27N3O2.ClH/c1-15(2,3)14(20)16-7-6-13(19)18-12-8-10-4-5-11(9-12)17-10;/h10-12,17H,4-9H2,1-3H3,(H,16,20)(H,18,19);1H. The lowest BCUT2D eigenvalue weighted by atomic mass is 9.96. The Bertz CT molecular complexity index is 370. The van der Waals surface area contributed by atoms with Gasteiger partial charge in [-0.05, 0) is 25.7 Å². The molecule has 2 bridgehead atoms. The molecule has 2 atom stereocenters. The molecule has 3 N–H and O–H groups in total. The van der Waals surface area contributed by atoms with Gasteiger partial charge in [-0.2, -0.15) is 0 Å². The number of rotatable bonds is 4. The maximum atomic E-state index is 11.9. The summed E-state index contributed by atoms with van der Waals surface area (Å²) in [5, 5.41) is 9.47. The second-order valence-corrected chi connectivity index (χ2v) is 7.13. The van der Waals surface area contributed by atoms with E-state index in [-0.39, 0.29) is 24.2 Å². The summed E-state index contributed by atoms with van der Waals surface area (Å²) in [6.07, 6.45) is 4.91. The van der Waals surface area contributed by atoms with Gasteiger partial charge in [0, 0.05) is 36.5 Å². The molecule has 2 aliphatic rings. The Morgan fingerprint density at radius 1 is 1.14 bits per heavy atom. The molecule has 0 aromatic carbocycles. The van der Waals surface area contributed by atoms with Gasteiger partial charge in [0.15, 0.2) is 0 Å². The lowest BCUT2D eigenvalue weighted by molar-refractivity contribution is -0.128. The molecule has 0 saturated carbocycles. The first-order valence-corrected chi connectivity index (χ1v) is 7.68. The third kappa shape index (κ3) is 5.47. The minimum atomic E-state index is -0.398. The maximum Gasteiger partial charge on any atom is 0.225 e. The molecule has 2 unspecified atom stereocenters. The molecule has 6 heteroatoms. The van der Waals surface area contributed by atoms with Crippen molar-refractivity contribution >= 4 is 24.2 Å². The average Bonchev–Trinajstić information content (AvgIpc) is 2.67. The van der Waals surface area contributed by atoms with Crippen molar-refractivity contribution in [1.29, 1.82) is 0 Å². The molecule has 122 valence electrons. The average molecular weight is 318 g/mol. The van der Waals surface area contributed by atoms with E-state index in [2.05, 4.69) is 16.0 Å². The Balaban J connectivity index is 0.00000220. The van der Waals surface area contributed by atoms with Crippen molar-refractivity contribution in [2.45, 2.75) is 71.0 Å². The van der Waals surface area contributed by atoms with Crippen molar-refractivity contribution in [3.63, 3.8) is 0 Å². The summed E-state index contributed by atoms with van der Waals surface area (Å²) < 4.78 is 0. The Morgan fingerprint density at radius 3 is 2.24 bits per heavy atom. The van der Waals surface area contributed by atoms with E-state index < -0.39 is 5.41 Å². The molecule has 2 heterocycles. The molecular weight excluding hydrogens is 290 g/mol. The molecule has 2 fully saturated rings. The molecule has 21 heavy (non-hydrogen) atoms. The van der Waals surface area contributed by atoms with Gasteiger partial charge in [0.25, 0.3) is 0 Å². The lowest BCUT2D eigenvalue weighted by Crippen LogP contribution is -2.48. The van der Waals surface area contributed by atoms with E-state index >= 15 is 0 Å². The van der Waals surface area contributed by atoms with Crippen LogP contribution in [0.25, 0.3) is 0 Å². The highest BCUT2D eigenvalue weighted by Gasteiger charge is 2.33. The zero-order chi connectivity index (χ0) is 14.8. The molecule has 2 amide bonds. The largest absolute Gasteiger partial charge is 0.355 e. The fraction of sp³-hybridized carbons (Fsp3) is 0.867. The molecule has 0 aliphatic carbocycles. The van der Waals surface area contributed by atoms with Crippen molar-refractivity contribution in [3.05, 3.63) is 0 Å². The minimum Gasteiger partial charge on any atom is -0.355 e. The predicted octanol–water partition coefficient (Wildman–Crippen LogP) is 1.36. The number of hydrogen-bond donors (Lipinski definition) is 3. The van der Waals surface area contributed by atoms with Gasteiger partial charge in [-0.3, -0.25) is 9.59 Å². The van der Waals surface area contributed by atoms with E-state index in [9.17, 15) is 9.59 Å². The molecule has 0 aromatic rings. The summed E-state index contributed by atoms with van der Waals surface area (Å²) in [6, 6.07) is 1.47. The van der Waals surface area contributed by atoms with Crippen LogP contribution in [-0.2, 0) is 9.59 Å². The van der Waals surface area contributed by atoms with E-state index in [1.807, 2.05) is 20.8 Å². The Morgan fingerprint density at radius 2 is 1.71 bits per heavy atom. The number of piperidine rings is 1. The van der Waals surface area contributed by atoms with Crippen molar-refractivity contribution in [3.8, 4) is 0 Å². The highest BCUT2D eigenvalue weighted by Crippen LogP contribution is 2.26. The highest BCUT2D eigenvalue weighted by atomic mass is 35.5. The van der Waals surface area contributed by atoms with Crippen LogP contribution in [-0.4, -0.2) is 36.5 Å². The van der Waals surface area contributed by atoms with Gasteiger partial charge in [-0.1, -0.05) is 20.8 Å². The molecule has 0 spiro atoms. The van der Waals surface area contributed by atoms with Crippen LogP contribution in [0.3, 0.4) is 0 Å². The van der Waals surface area contributed by atoms with E-state index in [0.717, 1.165) is 12.8 Å². The van der Waals surface area contributed by atoms with E-state index in [1.54, 1.807) is 0 Å². The second kappa shape index (κ2) is 7.45. The number of amides is 2. The first-order valence-electron chi connectivity index (χ1n) is 7.68. The fourth-order valence-corrected chi connectivity index (χ4v) is 3.03. The van der Waals surface area contributed by atoms with Crippen LogP contribution in [0.1, 0.15) is 52.9 Å². The quantitative estimate of drug-likeness (QED) is 0.733. The smallest absolute Gasteiger partial charge is 0.225 e. The SMILES string of the molecule is CC(C)(C)C(=O)NCCC(=O)NC1CC2CCC(C1)N2.Cl. The zero-order valence-electron chi connectivity index (χ0n) is 13.2.